The molecule has 2 bridgehead atoms. The van der Waals surface area contributed by atoms with Gasteiger partial charge in [-0.3, -0.25) is 9.59 Å². The van der Waals surface area contributed by atoms with Gasteiger partial charge in [0.25, 0.3) is 0 Å². The molecule has 1 aliphatic heterocycles. The molecule has 1 aromatic heterocycles. The molecule has 5 rings (SSSR count). The van der Waals surface area contributed by atoms with E-state index in [9.17, 15) is 9.59 Å². The molecule has 3 aromatic rings. The fourth-order valence-electron chi connectivity index (χ4n) is 6.33. The molecule has 2 aromatic carbocycles. The van der Waals surface area contributed by atoms with Crippen LogP contribution in [0.1, 0.15) is 41.4 Å². The molecule has 0 amide bonds. The molecule has 0 N–H and O–H groups in total. The van der Waals surface area contributed by atoms with Gasteiger partial charge < -0.3 is 14.2 Å². The Morgan fingerprint density at radius 2 is 1.85 bits per heavy atom. The molecule has 5 nitrogen and oxygen atoms in total. The van der Waals surface area contributed by atoms with Crippen LogP contribution in [0.4, 0.5) is 0 Å². The number of benzene rings is 2. The topological polar surface area (TPSA) is 51.5 Å². The minimum atomic E-state index is -0.292. The third kappa shape index (κ3) is 3.91. The Kier molecular flexibility index (Phi) is 6.38. The van der Waals surface area contributed by atoms with Crippen LogP contribution in [0.25, 0.3) is 10.9 Å². The van der Waals surface area contributed by atoms with Crippen molar-refractivity contribution in [2.75, 3.05) is 20.7 Å². The van der Waals surface area contributed by atoms with Crippen molar-refractivity contribution in [3.63, 3.8) is 0 Å². The molecule has 6 heteroatoms. The highest BCUT2D eigenvalue weighted by Crippen LogP contribution is 2.43. The van der Waals surface area contributed by atoms with Crippen LogP contribution >= 0.6 is 15.9 Å². The van der Waals surface area contributed by atoms with Gasteiger partial charge in [-0.1, -0.05) is 59.6 Å². The minimum Gasteiger partial charge on any atom is -0.469 e. The Labute approximate surface area is 209 Å². The Balaban J connectivity index is 1.69. The zero-order chi connectivity index (χ0) is 24.0. The highest BCUT2D eigenvalue weighted by Gasteiger charge is 2.49. The number of methoxy groups -OCH3 is 1. The highest BCUT2D eigenvalue weighted by atomic mass is 79.9. The summed E-state index contributed by atoms with van der Waals surface area (Å²) in [6.45, 7) is 3.70. The maximum Gasteiger partial charge on any atom is 0.310 e. The van der Waals surface area contributed by atoms with Gasteiger partial charge in [-0.25, -0.2) is 0 Å². The third-order valence-electron chi connectivity index (χ3n) is 8.00. The molecule has 4 atom stereocenters. The Morgan fingerprint density at radius 3 is 2.56 bits per heavy atom. The number of ether oxygens (including phenoxy) is 1. The summed E-state index contributed by atoms with van der Waals surface area (Å²) >= 11 is 3.52. The Hall–Kier alpha value is -2.44. The summed E-state index contributed by atoms with van der Waals surface area (Å²) in [6, 6.07) is 16.6. The number of esters is 1. The van der Waals surface area contributed by atoms with Gasteiger partial charge in [0.2, 0.25) is 0 Å². The second-order valence-electron chi connectivity index (χ2n) is 9.78. The lowest BCUT2D eigenvalue weighted by atomic mass is 9.67. The Morgan fingerprint density at radius 1 is 1.12 bits per heavy atom. The predicted octanol–water partition coefficient (Wildman–Crippen LogP) is 5.33. The smallest absolute Gasteiger partial charge is 0.310 e. The summed E-state index contributed by atoms with van der Waals surface area (Å²) in [7, 11) is 3.58. The molecule has 2 aliphatic rings. The lowest BCUT2D eigenvalue weighted by Gasteiger charge is -2.48. The fourth-order valence-corrected chi connectivity index (χ4v) is 6.59. The van der Waals surface area contributed by atoms with Crippen LogP contribution in [0.2, 0.25) is 0 Å². The second-order valence-corrected chi connectivity index (χ2v) is 10.7. The first-order valence-electron chi connectivity index (χ1n) is 12.1. The van der Waals surface area contributed by atoms with Crippen LogP contribution in [-0.2, 0) is 22.5 Å². The normalized spacial score (nSPS) is 25.0. The quantitative estimate of drug-likeness (QED) is 0.434. The number of hydrogen-bond donors (Lipinski definition) is 0. The summed E-state index contributed by atoms with van der Waals surface area (Å²) in [6.07, 6.45) is 1.99. The second kappa shape index (κ2) is 9.31. The standard InChI is InChI=1S/C28H31BrN2O3/c1-4-18-16-30(2)24-13-22-20-7-5-6-8-23(20)31(15-17-9-11-19(29)12-10-17)27(22)25(32)14-21(18)26(24)28(33)34-3/h5-12,18,21,24,26H,4,13-16H2,1-3H3/t18-,21+,24-,26?/m0/s1. The maximum atomic E-state index is 14.0. The van der Waals surface area contributed by atoms with Crippen molar-refractivity contribution in [3.05, 3.63) is 69.8 Å². The molecule has 1 aliphatic carbocycles. The fraction of sp³-hybridized carbons (Fsp3) is 0.429. The van der Waals surface area contributed by atoms with Crippen LogP contribution < -0.4 is 0 Å². The first-order chi connectivity index (χ1) is 16.4. The van der Waals surface area contributed by atoms with Crippen molar-refractivity contribution in [1.29, 1.82) is 0 Å². The van der Waals surface area contributed by atoms with E-state index in [1.165, 1.54) is 7.11 Å². The number of piperidine rings is 1. The van der Waals surface area contributed by atoms with Crippen LogP contribution in [0.3, 0.4) is 0 Å². The van der Waals surface area contributed by atoms with Crippen LogP contribution in [0.15, 0.2) is 53.0 Å². The summed E-state index contributed by atoms with van der Waals surface area (Å²) in [5.41, 5.74) is 4.10. The average molecular weight is 523 g/mol. The molecular formula is C28H31BrN2O3. The number of carbonyl (C=O) groups excluding carboxylic acids is 2. The summed E-state index contributed by atoms with van der Waals surface area (Å²) in [5, 5.41) is 1.11. The van der Waals surface area contributed by atoms with Crippen LogP contribution in [0.5, 0.6) is 0 Å². The van der Waals surface area contributed by atoms with Crippen molar-refractivity contribution in [2.24, 2.45) is 17.8 Å². The number of Topliss-reactive ketones (excluding diaryl/α,β-unsaturated/α-hetero) is 1. The number of rotatable bonds is 4. The van der Waals surface area contributed by atoms with Crippen molar-refractivity contribution in [2.45, 2.75) is 38.8 Å². The number of hydrogen-bond acceptors (Lipinski definition) is 4. The van der Waals surface area contributed by atoms with E-state index in [1.807, 2.05) is 24.3 Å². The van der Waals surface area contributed by atoms with E-state index in [1.54, 1.807) is 0 Å². The SMILES string of the molecule is CC[C@H]1CN(C)[C@H]2Cc3c(n(Cc4ccc(Br)cc4)c4ccccc34)C(=O)C[C@H]1C2C(=O)OC. The van der Waals surface area contributed by atoms with E-state index in [0.717, 1.165) is 45.2 Å². The summed E-state index contributed by atoms with van der Waals surface area (Å²) in [5.74, 6) is -0.0449. The molecule has 0 spiro atoms. The number of ketones is 1. The lowest BCUT2D eigenvalue weighted by Crippen LogP contribution is -2.56. The monoisotopic (exact) mass is 522 g/mol. The highest BCUT2D eigenvalue weighted by molar-refractivity contribution is 9.10. The Bertz CT molecular complexity index is 1230. The van der Waals surface area contributed by atoms with E-state index >= 15 is 0 Å². The van der Waals surface area contributed by atoms with Gasteiger partial charge in [-0.15, -0.1) is 0 Å². The van der Waals surface area contributed by atoms with Gasteiger partial charge >= 0.3 is 5.97 Å². The van der Waals surface area contributed by atoms with Gasteiger partial charge in [0.1, 0.15) is 0 Å². The average Bonchev–Trinajstić information content (AvgIpc) is 3.14. The van der Waals surface area contributed by atoms with E-state index in [-0.39, 0.29) is 29.6 Å². The number of fused-ring (bicyclic) bond motifs is 5. The van der Waals surface area contributed by atoms with Crippen molar-refractivity contribution >= 4 is 38.6 Å². The number of nitrogens with zero attached hydrogens (tertiary/aromatic N) is 2. The number of aromatic nitrogens is 1. The molecule has 0 radical (unpaired) electrons. The van der Waals surface area contributed by atoms with E-state index in [4.69, 9.17) is 4.74 Å². The number of halogens is 1. The first-order valence-corrected chi connectivity index (χ1v) is 12.9. The zero-order valence-electron chi connectivity index (χ0n) is 20.0. The van der Waals surface area contributed by atoms with Crippen molar-refractivity contribution < 1.29 is 14.3 Å². The number of para-hydroxylation sites is 1. The minimum absolute atomic E-state index is 0.00144. The zero-order valence-corrected chi connectivity index (χ0v) is 21.5. The number of likely N-dealkylation sites (tertiary alicyclic amines) is 1. The predicted molar refractivity (Wildman–Crippen MR) is 137 cm³/mol. The summed E-state index contributed by atoms with van der Waals surface area (Å²) < 4.78 is 8.52. The van der Waals surface area contributed by atoms with Gasteiger partial charge in [0.15, 0.2) is 5.78 Å². The molecule has 1 fully saturated rings. The molecule has 0 saturated carbocycles. The molecule has 34 heavy (non-hydrogen) atoms. The van der Waals surface area contributed by atoms with E-state index in [0.29, 0.717) is 25.3 Å². The molecule has 178 valence electrons. The van der Waals surface area contributed by atoms with Crippen molar-refractivity contribution in [1.82, 2.24) is 9.47 Å². The third-order valence-corrected chi connectivity index (χ3v) is 8.52. The molecule has 2 heterocycles. The number of carbonyl (C=O) groups is 2. The van der Waals surface area contributed by atoms with Crippen LogP contribution in [0, 0.1) is 17.8 Å². The van der Waals surface area contributed by atoms with Gasteiger partial charge in [-0.2, -0.15) is 0 Å². The van der Waals surface area contributed by atoms with Gasteiger partial charge in [0.05, 0.1) is 18.7 Å². The number of likely N-dealkylation sites (N-methyl/N-ethyl adjacent to an activating group) is 1. The maximum absolute atomic E-state index is 14.0. The molecule has 1 saturated heterocycles. The van der Waals surface area contributed by atoms with Gasteiger partial charge in [-0.05, 0) is 54.6 Å². The van der Waals surface area contributed by atoms with E-state index < -0.39 is 0 Å². The molecular weight excluding hydrogens is 492 g/mol. The van der Waals surface area contributed by atoms with E-state index in [2.05, 4.69) is 63.6 Å². The largest absolute Gasteiger partial charge is 0.469 e. The first kappa shape index (κ1) is 23.3. The molecule has 1 unspecified atom stereocenters. The van der Waals surface area contributed by atoms with Gasteiger partial charge in [0, 0.05) is 40.9 Å². The summed E-state index contributed by atoms with van der Waals surface area (Å²) in [4.78, 5) is 29.4. The van der Waals surface area contributed by atoms with Crippen molar-refractivity contribution in [3.8, 4) is 0 Å². The lowest BCUT2D eigenvalue weighted by molar-refractivity contribution is -0.154. The van der Waals surface area contributed by atoms with Crippen LogP contribution in [-0.4, -0.2) is 48.0 Å².